The Labute approximate surface area is 296 Å². The van der Waals surface area contributed by atoms with Crippen LogP contribution in [0.15, 0.2) is 143 Å². The van der Waals surface area contributed by atoms with E-state index in [1.165, 1.54) is 70.3 Å². The Kier molecular flexibility index (Phi) is 7.30. The number of anilines is 1. The fourth-order valence-electron chi connectivity index (χ4n) is 8.29. The first-order valence-electron chi connectivity index (χ1n) is 17.2. The van der Waals surface area contributed by atoms with Crippen molar-refractivity contribution in [2.45, 2.75) is 45.1 Å². The van der Waals surface area contributed by atoms with Crippen molar-refractivity contribution in [1.82, 2.24) is 9.13 Å². The largest absolute Gasteiger partial charge is 0.338 e. The van der Waals surface area contributed by atoms with Gasteiger partial charge in [-0.2, -0.15) is 0 Å². The summed E-state index contributed by atoms with van der Waals surface area (Å²) >= 11 is 2.49. The lowest BCUT2D eigenvalue weighted by Crippen LogP contribution is -2.39. The summed E-state index contributed by atoms with van der Waals surface area (Å²) in [5.74, 6) is 0.782. The van der Waals surface area contributed by atoms with E-state index in [0.29, 0.717) is 11.8 Å². The van der Waals surface area contributed by atoms with Gasteiger partial charge in [-0.25, -0.2) is 0 Å². The highest BCUT2D eigenvalue weighted by molar-refractivity contribution is 14.1. The highest BCUT2D eigenvalue weighted by atomic mass is 127. The molecule has 0 amide bonds. The van der Waals surface area contributed by atoms with Crippen LogP contribution in [0.3, 0.4) is 0 Å². The highest BCUT2D eigenvalue weighted by Gasteiger charge is 2.30. The van der Waals surface area contributed by atoms with Gasteiger partial charge in [0, 0.05) is 62.0 Å². The summed E-state index contributed by atoms with van der Waals surface area (Å²) in [6, 6.07) is 35.9. The maximum Gasteiger partial charge on any atom is 0.0583 e. The highest BCUT2D eigenvalue weighted by Crippen LogP contribution is 2.42. The summed E-state index contributed by atoms with van der Waals surface area (Å²) in [6.07, 6.45) is 19.9. The van der Waals surface area contributed by atoms with Gasteiger partial charge < -0.3 is 14.0 Å². The van der Waals surface area contributed by atoms with Crippen LogP contribution >= 0.6 is 22.6 Å². The summed E-state index contributed by atoms with van der Waals surface area (Å²) in [5, 5.41) is 3.93. The van der Waals surface area contributed by atoms with Crippen molar-refractivity contribution in [2.24, 2.45) is 5.92 Å². The fraction of sp³-hybridized carbons (Fsp3) is 0.182. The van der Waals surface area contributed by atoms with E-state index < -0.39 is 0 Å². The molecular formula is C44H38IN3. The quantitative estimate of drug-likeness (QED) is 0.161. The second-order valence-electron chi connectivity index (χ2n) is 13.5. The molecule has 236 valence electrons. The Hall–Kier alpha value is -4.55. The van der Waals surface area contributed by atoms with Gasteiger partial charge in [0.2, 0.25) is 0 Å². The SMILES string of the molecule is CC1CC=Cc2c1n(C1=CC(C)C(N(C3=CC=C(I)CC3)c3ccc(-n4c5ccccc5c5ccccc54)cc3)C=C1)c1ccccc21. The van der Waals surface area contributed by atoms with Gasteiger partial charge in [0.25, 0.3) is 0 Å². The average molecular weight is 736 g/mol. The predicted octanol–water partition coefficient (Wildman–Crippen LogP) is 12.2. The van der Waals surface area contributed by atoms with Gasteiger partial charge in [-0.3, -0.25) is 0 Å². The first-order chi connectivity index (χ1) is 23.6. The molecule has 3 nitrogen and oxygen atoms in total. The van der Waals surface area contributed by atoms with E-state index in [4.69, 9.17) is 0 Å². The van der Waals surface area contributed by atoms with Gasteiger partial charge in [0.1, 0.15) is 0 Å². The van der Waals surface area contributed by atoms with Crippen LogP contribution in [0, 0.1) is 5.92 Å². The number of allylic oxidation sites excluding steroid dienone is 7. The van der Waals surface area contributed by atoms with E-state index in [9.17, 15) is 0 Å². The average Bonchev–Trinajstić information content (AvgIpc) is 3.64. The fourth-order valence-corrected chi connectivity index (χ4v) is 8.74. The minimum absolute atomic E-state index is 0.207. The zero-order valence-corrected chi connectivity index (χ0v) is 29.5. The van der Waals surface area contributed by atoms with Crippen LogP contribution in [-0.2, 0) is 0 Å². The number of aromatic nitrogens is 2. The standard InChI is InChI=1S/C44H38IN3/c1-29-10-9-14-39-38-13-5-8-17-43(38)48(44(29)39)35-26-27-40(30(2)28-35)46(32-20-18-31(45)19-21-32)33-22-24-34(25-23-33)47-41-15-6-3-11-36(41)37-12-4-7-16-42(37)47/h3-9,11-18,20,22-30,40H,10,19,21H2,1-2H3. The molecule has 0 saturated carbocycles. The summed E-state index contributed by atoms with van der Waals surface area (Å²) in [7, 11) is 0. The van der Waals surface area contributed by atoms with Crippen molar-refractivity contribution in [1.29, 1.82) is 0 Å². The third-order valence-corrected chi connectivity index (χ3v) is 11.4. The van der Waals surface area contributed by atoms with Crippen molar-refractivity contribution >= 4 is 72.8 Å². The van der Waals surface area contributed by atoms with E-state index in [2.05, 4.69) is 190 Å². The molecule has 0 N–H and O–H groups in total. The van der Waals surface area contributed by atoms with Crippen molar-refractivity contribution in [3.63, 3.8) is 0 Å². The number of rotatable bonds is 5. The summed E-state index contributed by atoms with van der Waals surface area (Å²) in [6.45, 7) is 4.75. The number of hydrogen-bond acceptors (Lipinski definition) is 1. The Morgan fingerprint density at radius 1 is 0.688 bits per heavy atom. The van der Waals surface area contributed by atoms with Crippen LogP contribution in [0.25, 0.3) is 50.2 Å². The summed E-state index contributed by atoms with van der Waals surface area (Å²) < 4.78 is 6.36. The van der Waals surface area contributed by atoms with Crippen LogP contribution < -0.4 is 4.90 Å². The monoisotopic (exact) mass is 735 g/mol. The molecule has 0 bridgehead atoms. The van der Waals surface area contributed by atoms with Gasteiger partial charge >= 0.3 is 0 Å². The normalized spacial score (nSPS) is 20.6. The second kappa shape index (κ2) is 11.9. The molecule has 0 saturated heterocycles. The van der Waals surface area contributed by atoms with Crippen molar-refractivity contribution in [3.05, 3.63) is 154 Å². The third-order valence-electron chi connectivity index (χ3n) is 10.5. The topological polar surface area (TPSA) is 13.1 Å². The van der Waals surface area contributed by atoms with Crippen LogP contribution in [0.4, 0.5) is 5.69 Å². The minimum Gasteiger partial charge on any atom is -0.338 e. The maximum atomic E-state index is 2.60. The molecule has 9 rings (SSSR count). The number of benzene rings is 4. The van der Waals surface area contributed by atoms with E-state index >= 15 is 0 Å². The molecule has 2 aromatic heterocycles. The van der Waals surface area contributed by atoms with Gasteiger partial charge in [-0.05, 0) is 100 Å². The lowest BCUT2D eigenvalue weighted by Gasteiger charge is -2.39. The lowest BCUT2D eigenvalue weighted by molar-refractivity contribution is 0.583. The van der Waals surface area contributed by atoms with E-state index in [1.807, 2.05) is 0 Å². The van der Waals surface area contributed by atoms with Crippen molar-refractivity contribution < 1.29 is 0 Å². The first kappa shape index (κ1) is 29.6. The summed E-state index contributed by atoms with van der Waals surface area (Å²) in [5.41, 5.74) is 11.7. The molecule has 3 atom stereocenters. The van der Waals surface area contributed by atoms with Crippen molar-refractivity contribution in [2.75, 3.05) is 4.90 Å². The molecule has 0 fully saturated rings. The molecular weight excluding hydrogens is 697 g/mol. The number of hydrogen-bond donors (Lipinski definition) is 0. The van der Waals surface area contributed by atoms with Crippen LogP contribution in [0.2, 0.25) is 0 Å². The first-order valence-corrected chi connectivity index (χ1v) is 18.3. The van der Waals surface area contributed by atoms with E-state index in [1.54, 1.807) is 0 Å². The van der Waals surface area contributed by atoms with E-state index in [-0.39, 0.29) is 6.04 Å². The summed E-state index contributed by atoms with van der Waals surface area (Å²) in [4.78, 5) is 2.60. The van der Waals surface area contributed by atoms with Gasteiger partial charge in [-0.15, -0.1) is 0 Å². The second-order valence-corrected chi connectivity index (χ2v) is 14.9. The molecule has 3 aliphatic rings. The molecule has 0 spiro atoms. The number of halogens is 1. The zero-order valence-electron chi connectivity index (χ0n) is 27.4. The molecule has 4 aromatic carbocycles. The van der Waals surface area contributed by atoms with Crippen LogP contribution in [0.1, 0.15) is 50.3 Å². The number of nitrogens with zero attached hydrogens (tertiary/aromatic N) is 3. The third kappa shape index (κ3) is 4.75. The van der Waals surface area contributed by atoms with Crippen LogP contribution in [-0.4, -0.2) is 15.2 Å². The van der Waals surface area contributed by atoms with Gasteiger partial charge in [0.05, 0.1) is 22.6 Å². The smallest absolute Gasteiger partial charge is 0.0583 e. The lowest BCUT2D eigenvalue weighted by atomic mass is 9.91. The number of fused-ring (bicyclic) bond motifs is 6. The molecule has 4 heteroatoms. The Balaban J connectivity index is 1.12. The maximum absolute atomic E-state index is 2.60. The Morgan fingerprint density at radius 3 is 1.98 bits per heavy atom. The molecule has 3 unspecified atom stereocenters. The molecule has 48 heavy (non-hydrogen) atoms. The van der Waals surface area contributed by atoms with E-state index in [0.717, 1.165) is 19.3 Å². The zero-order chi connectivity index (χ0) is 32.4. The molecule has 0 radical (unpaired) electrons. The minimum atomic E-state index is 0.207. The van der Waals surface area contributed by atoms with Crippen LogP contribution in [0.5, 0.6) is 0 Å². The molecule has 0 aliphatic heterocycles. The Morgan fingerprint density at radius 2 is 1.33 bits per heavy atom. The number of para-hydroxylation sites is 3. The molecule has 3 aliphatic carbocycles. The van der Waals surface area contributed by atoms with Crippen molar-refractivity contribution in [3.8, 4) is 5.69 Å². The molecule has 2 heterocycles. The Bertz CT molecular complexity index is 2320. The van der Waals surface area contributed by atoms with Gasteiger partial charge in [0.15, 0.2) is 0 Å². The van der Waals surface area contributed by atoms with Gasteiger partial charge in [-0.1, -0.05) is 98.8 Å². The molecule has 6 aromatic rings. The predicted molar refractivity (Wildman–Crippen MR) is 213 cm³/mol.